The minimum Gasteiger partial charge on any atom is -0.385 e. The number of hydrogen-bond donors (Lipinski definition) is 0. The summed E-state index contributed by atoms with van der Waals surface area (Å²) in [6, 6.07) is 0. The Morgan fingerprint density at radius 2 is 2.43 bits per heavy atom. The Balaban J connectivity index is 2.27. The zero-order chi connectivity index (χ0) is 10.4. The van der Waals surface area contributed by atoms with Crippen molar-refractivity contribution in [1.82, 2.24) is 15.0 Å². The lowest BCUT2D eigenvalue weighted by Gasteiger charge is -1.97. The number of ether oxygens (including phenoxy) is 1. The van der Waals surface area contributed by atoms with E-state index in [1.54, 1.807) is 25.0 Å². The van der Waals surface area contributed by atoms with Gasteiger partial charge in [0.05, 0.1) is 12.1 Å². The van der Waals surface area contributed by atoms with E-state index in [9.17, 15) is 4.79 Å². The van der Waals surface area contributed by atoms with E-state index < -0.39 is 0 Å². The normalized spacial score (nSPS) is 10.4. The Morgan fingerprint density at radius 1 is 1.64 bits per heavy atom. The highest BCUT2D eigenvalue weighted by Crippen LogP contribution is 1.99. The van der Waals surface area contributed by atoms with E-state index in [2.05, 4.69) is 10.3 Å². The van der Waals surface area contributed by atoms with Crippen molar-refractivity contribution < 1.29 is 9.53 Å². The molecule has 0 saturated carbocycles. The summed E-state index contributed by atoms with van der Waals surface area (Å²) in [4.78, 5) is 11.4. The maximum atomic E-state index is 11.4. The van der Waals surface area contributed by atoms with Crippen LogP contribution in [0.4, 0.5) is 0 Å². The van der Waals surface area contributed by atoms with E-state index in [1.807, 2.05) is 0 Å². The molecule has 0 bridgehead atoms. The maximum Gasteiger partial charge on any atom is 0.139 e. The molecule has 5 nitrogen and oxygen atoms in total. The lowest BCUT2D eigenvalue weighted by Crippen LogP contribution is -2.04. The van der Waals surface area contributed by atoms with Crippen LogP contribution in [-0.2, 0) is 23.0 Å². The number of carbonyl (C=O) groups excluding carboxylic acids is 1. The van der Waals surface area contributed by atoms with Gasteiger partial charge in [-0.05, 0) is 6.42 Å². The number of rotatable bonds is 6. The number of nitrogens with zero attached hydrogens (tertiary/aromatic N) is 3. The van der Waals surface area contributed by atoms with E-state index in [4.69, 9.17) is 4.74 Å². The van der Waals surface area contributed by atoms with Crippen molar-refractivity contribution in [2.45, 2.75) is 19.3 Å². The number of carbonyl (C=O) groups is 1. The molecule has 0 aliphatic carbocycles. The van der Waals surface area contributed by atoms with Crippen LogP contribution >= 0.6 is 0 Å². The van der Waals surface area contributed by atoms with Crippen molar-refractivity contribution in [2.24, 2.45) is 7.05 Å². The first-order chi connectivity index (χ1) is 6.72. The topological polar surface area (TPSA) is 57.0 Å². The summed E-state index contributed by atoms with van der Waals surface area (Å²) in [7, 11) is 3.42. The fourth-order valence-electron chi connectivity index (χ4n) is 1.18. The van der Waals surface area contributed by atoms with Crippen LogP contribution in [0.15, 0.2) is 6.20 Å². The summed E-state index contributed by atoms with van der Waals surface area (Å²) in [5, 5.41) is 7.60. The molecule has 78 valence electrons. The van der Waals surface area contributed by atoms with Gasteiger partial charge in [0.1, 0.15) is 5.78 Å². The molecule has 0 fully saturated rings. The quantitative estimate of drug-likeness (QED) is 0.617. The molecule has 0 aliphatic rings. The average Bonchev–Trinajstić information content (AvgIpc) is 2.52. The summed E-state index contributed by atoms with van der Waals surface area (Å²) in [5.41, 5.74) is 0.731. The first kappa shape index (κ1) is 10.8. The minimum atomic E-state index is 0.183. The molecule has 0 spiro atoms. The first-order valence-corrected chi connectivity index (χ1v) is 4.58. The van der Waals surface area contributed by atoms with Crippen molar-refractivity contribution in [3.8, 4) is 0 Å². The Morgan fingerprint density at radius 3 is 3.00 bits per heavy atom. The number of methoxy groups -OCH3 is 1. The largest absolute Gasteiger partial charge is 0.385 e. The second-order valence-corrected chi connectivity index (χ2v) is 3.20. The van der Waals surface area contributed by atoms with Gasteiger partial charge < -0.3 is 4.74 Å². The number of aromatic nitrogens is 3. The van der Waals surface area contributed by atoms with Crippen LogP contribution in [0.1, 0.15) is 18.5 Å². The molecule has 1 aromatic rings. The average molecular weight is 197 g/mol. The van der Waals surface area contributed by atoms with Gasteiger partial charge >= 0.3 is 0 Å². The third kappa shape index (κ3) is 3.66. The zero-order valence-electron chi connectivity index (χ0n) is 8.56. The summed E-state index contributed by atoms with van der Waals surface area (Å²) < 4.78 is 6.46. The monoisotopic (exact) mass is 197 g/mol. The van der Waals surface area contributed by atoms with E-state index in [1.165, 1.54) is 0 Å². The van der Waals surface area contributed by atoms with Gasteiger partial charge in [-0.2, -0.15) is 0 Å². The predicted molar refractivity (Wildman–Crippen MR) is 50.8 cm³/mol. The van der Waals surface area contributed by atoms with Crippen LogP contribution in [0, 0.1) is 0 Å². The van der Waals surface area contributed by atoms with E-state index in [0.717, 1.165) is 12.1 Å². The van der Waals surface area contributed by atoms with Gasteiger partial charge in [0.15, 0.2) is 0 Å². The van der Waals surface area contributed by atoms with Crippen molar-refractivity contribution in [2.75, 3.05) is 13.7 Å². The molecular weight excluding hydrogens is 182 g/mol. The standard InChI is InChI=1S/C9H15N3O2/c1-12-7-8(10-11-12)6-9(13)4-3-5-14-2/h7H,3-6H2,1-2H3. The minimum absolute atomic E-state index is 0.183. The second-order valence-electron chi connectivity index (χ2n) is 3.20. The highest BCUT2D eigenvalue weighted by Gasteiger charge is 2.06. The third-order valence-electron chi connectivity index (χ3n) is 1.83. The van der Waals surface area contributed by atoms with E-state index >= 15 is 0 Å². The van der Waals surface area contributed by atoms with Crippen LogP contribution in [0.2, 0.25) is 0 Å². The number of hydrogen-bond acceptors (Lipinski definition) is 4. The molecule has 0 aromatic carbocycles. The molecule has 1 aromatic heterocycles. The molecule has 5 heteroatoms. The smallest absolute Gasteiger partial charge is 0.139 e. The second kappa shape index (κ2) is 5.49. The summed E-state index contributed by atoms with van der Waals surface area (Å²) in [6.45, 7) is 0.631. The van der Waals surface area contributed by atoms with Gasteiger partial charge in [0.2, 0.25) is 0 Å². The lowest BCUT2D eigenvalue weighted by atomic mass is 10.1. The van der Waals surface area contributed by atoms with Gasteiger partial charge in [0, 0.05) is 33.4 Å². The van der Waals surface area contributed by atoms with Crippen molar-refractivity contribution in [3.05, 3.63) is 11.9 Å². The van der Waals surface area contributed by atoms with Gasteiger partial charge in [-0.3, -0.25) is 9.48 Å². The predicted octanol–water partition coefficient (Wildman–Crippen LogP) is 0.353. The Bertz CT molecular complexity index is 296. The molecule has 1 rings (SSSR count). The highest BCUT2D eigenvalue weighted by atomic mass is 16.5. The fraction of sp³-hybridized carbons (Fsp3) is 0.667. The SMILES string of the molecule is COCCCC(=O)Cc1cn(C)nn1. The first-order valence-electron chi connectivity index (χ1n) is 4.58. The zero-order valence-corrected chi connectivity index (χ0v) is 8.56. The molecule has 0 radical (unpaired) electrons. The van der Waals surface area contributed by atoms with Crippen LogP contribution in [0.25, 0.3) is 0 Å². The third-order valence-corrected chi connectivity index (χ3v) is 1.83. The number of Topliss-reactive ketones (excluding diaryl/α,β-unsaturated/α-hetero) is 1. The van der Waals surface area contributed by atoms with E-state index in [-0.39, 0.29) is 5.78 Å². The number of ketones is 1. The molecule has 0 amide bonds. The number of aryl methyl sites for hydroxylation is 1. The van der Waals surface area contributed by atoms with Crippen LogP contribution < -0.4 is 0 Å². The summed E-state index contributed by atoms with van der Waals surface area (Å²) in [5.74, 6) is 0.183. The molecule has 0 saturated heterocycles. The van der Waals surface area contributed by atoms with Gasteiger partial charge in [-0.15, -0.1) is 5.10 Å². The molecule has 0 atom stereocenters. The van der Waals surface area contributed by atoms with Crippen LogP contribution in [0.3, 0.4) is 0 Å². The van der Waals surface area contributed by atoms with Gasteiger partial charge in [0.25, 0.3) is 0 Å². The van der Waals surface area contributed by atoms with Gasteiger partial charge in [-0.25, -0.2) is 0 Å². The lowest BCUT2D eigenvalue weighted by molar-refractivity contribution is -0.118. The Kier molecular flexibility index (Phi) is 4.25. The molecule has 14 heavy (non-hydrogen) atoms. The molecule has 0 unspecified atom stereocenters. The summed E-state index contributed by atoms with van der Waals surface area (Å²) in [6.07, 6.45) is 3.45. The van der Waals surface area contributed by atoms with E-state index in [0.29, 0.717) is 19.4 Å². The Hall–Kier alpha value is -1.23. The fourth-order valence-corrected chi connectivity index (χ4v) is 1.18. The van der Waals surface area contributed by atoms with Crippen molar-refractivity contribution in [1.29, 1.82) is 0 Å². The molecule has 1 heterocycles. The van der Waals surface area contributed by atoms with Gasteiger partial charge in [-0.1, -0.05) is 5.21 Å². The van der Waals surface area contributed by atoms with Crippen LogP contribution in [0.5, 0.6) is 0 Å². The van der Waals surface area contributed by atoms with Crippen LogP contribution in [-0.4, -0.2) is 34.5 Å². The summed E-state index contributed by atoms with van der Waals surface area (Å²) >= 11 is 0. The molecule has 0 N–H and O–H groups in total. The van der Waals surface area contributed by atoms with Crippen molar-refractivity contribution in [3.63, 3.8) is 0 Å². The highest BCUT2D eigenvalue weighted by molar-refractivity contribution is 5.80. The molecule has 0 aliphatic heterocycles. The molecular formula is C9H15N3O2. The van der Waals surface area contributed by atoms with Crippen molar-refractivity contribution >= 4 is 5.78 Å². The maximum absolute atomic E-state index is 11.4. The Labute approximate surface area is 83.1 Å².